The molecule has 2 aromatic rings. The van der Waals surface area contributed by atoms with Crippen LogP contribution in [0.1, 0.15) is 54.1 Å². The second-order valence-corrected chi connectivity index (χ2v) is 9.44. The number of hydrogen-bond acceptors (Lipinski definition) is 2. The molecule has 0 aromatic heterocycles. The van der Waals surface area contributed by atoms with Gasteiger partial charge in [-0.1, -0.05) is 49.7 Å². The van der Waals surface area contributed by atoms with E-state index in [0.717, 1.165) is 37.1 Å². The van der Waals surface area contributed by atoms with Gasteiger partial charge in [0.05, 0.1) is 0 Å². The van der Waals surface area contributed by atoms with Gasteiger partial charge in [-0.25, -0.2) is 4.79 Å². The van der Waals surface area contributed by atoms with Crippen LogP contribution in [-0.2, 0) is 6.54 Å². The Labute approximate surface area is 182 Å². The molecule has 1 aliphatic carbocycles. The first-order chi connectivity index (χ1) is 14.3. The minimum Gasteiger partial charge on any atom is -0.337 e. The van der Waals surface area contributed by atoms with Crippen LogP contribution in [-0.4, -0.2) is 36.0 Å². The summed E-state index contributed by atoms with van der Waals surface area (Å²) in [7, 11) is 0. The standard InChI is InChI=1S/C24H28ClN3O2/c1-16(2)18-4-3-5-19(10-18)22(29)28-14-24(15-28)11-21(12-24)27-23(30)26-13-17-6-8-20(25)9-7-17/h3-10,16,21H,11-15H2,1-2H3,(H2,26,27,30). The van der Waals surface area contributed by atoms with Crippen molar-refractivity contribution in [3.8, 4) is 0 Å². The first-order valence-electron chi connectivity index (χ1n) is 10.5. The number of rotatable bonds is 5. The molecule has 0 atom stereocenters. The maximum absolute atomic E-state index is 12.8. The molecule has 1 saturated carbocycles. The average molecular weight is 426 g/mol. The van der Waals surface area contributed by atoms with E-state index in [1.165, 1.54) is 5.56 Å². The topological polar surface area (TPSA) is 61.4 Å². The molecular weight excluding hydrogens is 398 g/mol. The predicted molar refractivity (Wildman–Crippen MR) is 119 cm³/mol. The van der Waals surface area contributed by atoms with Crippen molar-refractivity contribution in [2.24, 2.45) is 5.41 Å². The van der Waals surface area contributed by atoms with Crippen LogP contribution in [0.15, 0.2) is 48.5 Å². The number of carbonyl (C=O) groups excluding carboxylic acids is 2. The summed E-state index contributed by atoms with van der Waals surface area (Å²) < 4.78 is 0. The smallest absolute Gasteiger partial charge is 0.315 e. The largest absolute Gasteiger partial charge is 0.337 e. The molecule has 4 rings (SSSR count). The van der Waals surface area contributed by atoms with Gasteiger partial charge in [-0.05, 0) is 54.2 Å². The molecule has 2 N–H and O–H groups in total. The highest BCUT2D eigenvalue weighted by molar-refractivity contribution is 6.30. The summed E-state index contributed by atoms with van der Waals surface area (Å²) in [4.78, 5) is 26.8. The van der Waals surface area contributed by atoms with Gasteiger partial charge < -0.3 is 15.5 Å². The Morgan fingerprint density at radius 2 is 1.83 bits per heavy atom. The summed E-state index contributed by atoms with van der Waals surface area (Å²) in [6.45, 7) is 6.30. The lowest BCUT2D eigenvalue weighted by Crippen LogP contribution is -2.67. The van der Waals surface area contributed by atoms with Gasteiger partial charge in [-0.3, -0.25) is 4.79 Å². The van der Waals surface area contributed by atoms with E-state index in [1.54, 1.807) is 0 Å². The van der Waals surface area contributed by atoms with E-state index in [4.69, 9.17) is 11.6 Å². The number of halogens is 1. The molecule has 6 heteroatoms. The molecule has 0 unspecified atom stereocenters. The fourth-order valence-corrected chi connectivity index (χ4v) is 4.61. The maximum Gasteiger partial charge on any atom is 0.315 e. The first kappa shape index (κ1) is 20.7. The highest BCUT2D eigenvalue weighted by Gasteiger charge is 2.54. The van der Waals surface area contributed by atoms with Crippen molar-refractivity contribution >= 4 is 23.5 Å². The highest BCUT2D eigenvalue weighted by Crippen LogP contribution is 2.48. The van der Waals surface area contributed by atoms with Gasteiger partial charge in [0.2, 0.25) is 0 Å². The summed E-state index contributed by atoms with van der Waals surface area (Å²) in [6.07, 6.45) is 1.86. The molecule has 158 valence electrons. The van der Waals surface area contributed by atoms with Crippen molar-refractivity contribution < 1.29 is 9.59 Å². The summed E-state index contributed by atoms with van der Waals surface area (Å²) >= 11 is 5.88. The van der Waals surface area contributed by atoms with E-state index in [9.17, 15) is 9.59 Å². The third-order valence-corrected chi connectivity index (χ3v) is 6.45. The fourth-order valence-electron chi connectivity index (χ4n) is 4.49. The van der Waals surface area contributed by atoms with Crippen molar-refractivity contribution in [2.75, 3.05) is 13.1 Å². The van der Waals surface area contributed by atoms with Gasteiger partial charge in [0.25, 0.3) is 5.91 Å². The SMILES string of the molecule is CC(C)c1cccc(C(=O)N2CC3(CC(NC(=O)NCc4ccc(Cl)cc4)C3)C2)c1. The lowest BCUT2D eigenvalue weighted by atomic mass is 9.60. The van der Waals surface area contributed by atoms with Gasteiger partial charge in [-0.15, -0.1) is 0 Å². The number of amides is 3. The van der Waals surface area contributed by atoms with Crippen molar-refractivity contribution in [3.05, 3.63) is 70.2 Å². The molecule has 2 aromatic carbocycles. The molecule has 1 spiro atoms. The van der Waals surface area contributed by atoms with Crippen LogP contribution in [0.4, 0.5) is 4.79 Å². The third-order valence-electron chi connectivity index (χ3n) is 6.20. The van der Waals surface area contributed by atoms with E-state index in [-0.39, 0.29) is 23.4 Å². The zero-order valence-corrected chi connectivity index (χ0v) is 18.2. The monoisotopic (exact) mass is 425 g/mol. The van der Waals surface area contributed by atoms with Crippen LogP contribution in [0, 0.1) is 5.41 Å². The number of nitrogens with zero attached hydrogens (tertiary/aromatic N) is 1. The summed E-state index contributed by atoms with van der Waals surface area (Å²) in [5.41, 5.74) is 3.15. The number of hydrogen-bond donors (Lipinski definition) is 2. The Balaban J connectivity index is 1.20. The molecule has 30 heavy (non-hydrogen) atoms. The Bertz CT molecular complexity index is 928. The van der Waals surface area contributed by atoms with Crippen molar-refractivity contribution in [1.82, 2.24) is 15.5 Å². The normalized spacial score (nSPS) is 17.4. The summed E-state index contributed by atoms with van der Waals surface area (Å²) in [5, 5.41) is 6.61. The Hall–Kier alpha value is -2.53. The molecular formula is C24H28ClN3O2. The molecule has 1 saturated heterocycles. The van der Waals surface area contributed by atoms with Crippen molar-refractivity contribution in [1.29, 1.82) is 0 Å². The second kappa shape index (κ2) is 8.31. The average Bonchev–Trinajstić information content (AvgIpc) is 2.68. The van der Waals surface area contributed by atoms with E-state index < -0.39 is 0 Å². The minimum atomic E-state index is -0.150. The van der Waals surface area contributed by atoms with Gasteiger partial charge in [0.1, 0.15) is 0 Å². The van der Waals surface area contributed by atoms with Crippen LogP contribution in [0.3, 0.4) is 0 Å². The third kappa shape index (κ3) is 4.46. The number of carbonyl (C=O) groups is 2. The molecule has 3 amide bonds. The van der Waals surface area contributed by atoms with Crippen LogP contribution < -0.4 is 10.6 Å². The molecule has 0 bridgehead atoms. The van der Waals surface area contributed by atoms with E-state index in [0.29, 0.717) is 17.5 Å². The highest BCUT2D eigenvalue weighted by atomic mass is 35.5. The van der Waals surface area contributed by atoms with Crippen LogP contribution >= 0.6 is 11.6 Å². The Morgan fingerprint density at radius 1 is 1.13 bits per heavy atom. The number of nitrogens with one attached hydrogen (secondary N) is 2. The molecule has 5 nitrogen and oxygen atoms in total. The molecule has 2 fully saturated rings. The maximum atomic E-state index is 12.8. The van der Waals surface area contributed by atoms with E-state index in [1.807, 2.05) is 47.4 Å². The fraction of sp³-hybridized carbons (Fsp3) is 0.417. The molecule has 1 heterocycles. The number of benzene rings is 2. The quantitative estimate of drug-likeness (QED) is 0.737. The minimum absolute atomic E-state index is 0.111. The van der Waals surface area contributed by atoms with Gasteiger partial charge in [0, 0.05) is 41.7 Å². The zero-order chi connectivity index (χ0) is 21.3. The zero-order valence-electron chi connectivity index (χ0n) is 17.5. The Kier molecular flexibility index (Phi) is 5.74. The van der Waals surface area contributed by atoms with E-state index >= 15 is 0 Å². The molecule has 1 aliphatic heterocycles. The Morgan fingerprint density at radius 3 is 2.50 bits per heavy atom. The number of urea groups is 1. The van der Waals surface area contributed by atoms with Crippen molar-refractivity contribution in [3.63, 3.8) is 0 Å². The predicted octanol–water partition coefficient (Wildman–Crippen LogP) is 4.57. The van der Waals surface area contributed by atoms with Gasteiger partial charge >= 0.3 is 6.03 Å². The molecule has 0 radical (unpaired) electrons. The lowest BCUT2D eigenvalue weighted by Gasteiger charge is -2.59. The van der Waals surface area contributed by atoms with Crippen LogP contribution in [0.5, 0.6) is 0 Å². The van der Waals surface area contributed by atoms with Gasteiger partial charge in [0.15, 0.2) is 0 Å². The lowest BCUT2D eigenvalue weighted by molar-refractivity contribution is -0.0585. The first-order valence-corrected chi connectivity index (χ1v) is 10.9. The van der Waals surface area contributed by atoms with Gasteiger partial charge in [-0.2, -0.15) is 0 Å². The van der Waals surface area contributed by atoms with Crippen LogP contribution in [0.2, 0.25) is 5.02 Å². The second-order valence-electron chi connectivity index (χ2n) is 9.00. The number of likely N-dealkylation sites (tertiary alicyclic amines) is 1. The van der Waals surface area contributed by atoms with E-state index in [2.05, 4.69) is 30.5 Å². The molecule has 2 aliphatic rings. The van der Waals surface area contributed by atoms with Crippen LogP contribution in [0.25, 0.3) is 0 Å². The summed E-state index contributed by atoms with van der Waals surface area (Å²) in [5.74, 6) is 0.519. The van der Waals surface area contributed by atoms with Crippen molar-refractivity contribution in [2.45, 2.75) is 45.2 Å². The summed E-state index contributed by atoms with van der Waals surface area (Å²) in [6, 6.07) is 15.4.